The number of anilines is 1. The number of nitrogens with one attached hydrogen (secondary N) is 1. The smallest absolute Gasteiger partial charge is 0.239 e. The summed E-state index contributed by atoms with van der Waals surface area (Å²) >= 11 is 3.07. The molecule has 0 aliphatic carbocycles. The molecule has 2 aromatic carbocycles. The van der Waals surface area contributed by atoms with Gasteiger partial charge in [-0.1, -0.05) is 18.2 Å². The first-order valence-electron chi connectivity index (χ1n) is 6.13. The van der Waals surface area contributed by atoms with E-state index >= 15 is 0 Å². The molecular formula is C14H12BrFN2O3S. The van der Waals surface area contributed by atoms with Crippen molar-refractivity contribution in [1.82, 2.24) is 0 Å². The zero-order chi connectivity index (χ0) is 16.3. The lowest BCUT2D eigenvalue weighted by molar-refractivity contribution is -0.115. The maximum atomic E-state index is 13.5. The number of amides is 1. The molecule has 2 rings (SSSR count). The predicted octanol–water partition coefficient (Wildman–Crippen LogP) is 2.42. The quantitative estimate of drug-likeness (QED) is 0.845. The van der Waals surface area contributed by atoms with Crippen LogP contribution in [-0.4, -0.2) is 14.3 Å². The molecule has 22 heavy (non-hydrogen) atoms. The van der Waals surface area contributed by atoms with Gasteiger partial charge in [-0.3, -0.25) is 4.79 Å². The Morgan fingerprint density at radius 1 is 1.23 bits per heavy atom. The van der Waals surface area contributed by atoms with Gasteiger partial charge in [0.15, 0.2) is 0 Å². The van der Waals surface area contributed by atoms with E-state index < -0.39 is 21.7 Å². The Hall–Kier alpha value is -1.77. The van der Waals surface area contributed by atoms with Gasteiger partial charge in [0, 0.05) is 10.2 Å². The van der Waals surface area contributed by atoms with E-state index in [4.69, 9.17) is 5.14 Å². The van der Waals surface area contributed by atoms with Gasteiger partial charge in [-0.25, -0.2) is 17.9 Å². The number of rotatable bonds is 4. The second-order valence-corrected chi connectivity index (χ2v) is 6.89. The molecule has 0 saturated heterocycles. The molecule has 3 N–H and O–H groups in total. The predicted molar refractivity (Wildman–Crippen MR) is 84.2 cm³/mol. The van der Waals surface area contributed by atoms with Crippen LogP contribution in [0.25, 0.3) is 0 Å². The molecule has 0 aromatic heterocycles. The van der Waals surface area contributed by atoms with Crippen molar-refractivity contribution in [2.45, 2.75) is 11.3 Å². The van der Waals surface area contributed by atoms with Gasteiger partial charge in [0.05, 0.1) is 11.3 Å². The third-order valence-electron chi connectivity index (χ3n) is 2.83. The fourth-order valence-corrected chi connectivity index (χ4v) is 3.37. The molecule has 1 amide bonds. The zero-order valence-corrected chi connectivity index (χ0v) is 13.6. The zero-order valence-electron chi connectivity index (χ0n) is 11.2. The summed E-state index contributed by atoms with van der Waals surface area (Å²) in [6, 6.07) is 10.1. The number of hydrogen-bond acceptors (Lipinski definition) is 3. The fraction of sp³-hybridized carbons (Fsp3) is 0.0714. The Kier molecular flexibility index (Phi) is 4.94. The second-order valence-electron chi connectivity index (χ2n) is 4.51. The van der Waals surface area contributed by atoms with E-state index in [1.54, 1.807) is 6.07 Å². The van der Waals surface area contributed by atoms with Gasteiger partial charge in [0.1, 0.15) is 5.82 Å². The highest BCUT2D eigenvalue weighted by molar-refractivity contribution is 9.10. The number of primary sulfonamides is 1. The summed E-state index contributed by atoms with van der Waals surface area (Å²) in [6.07, 6.45) is -0.159. The van der Waals surface area contributed by atoms with Crippen LogP contribution in [-0.2, 0) is 21.2 Å². The third-order valence-corrected chi connectivity index (χ3v) is 4.74. The number of carbonyl (C=O) groups is 1. The molecular weight excluding hydrogens is 375 g/mol. The van der Waals surface area contributed by atoms with Crippen molar-refractivity contribution < 1.29 is 17.6 Å². The summed E-state index contributed by atoms with van der Waals surface area (Å²) in [5.41, 5.74) is 0.511. The van der Waals surface area contributed by atoms with Crippen molar-refractivity contribution in [2.75, 3.05) is 5.32 Å². The lowest BCUT2D eigenvalue weighted by Gasteiger charge is -2.08. The van der Waals surface area contributed by atoms with Crippen molar-refractivity contribution in [3.8, 4) is 0 Å². The van der Waals surface area contributed by atoms with E-state index in [-0.39, 0.29) is 22.6 Å². The van der Waals surface area contributed by atoms with Crippen LogP contribution in [0.4, 0.5) is 10.1 Å². The lowest BCUT2D eigenvalue weighted by atomic mass is 10.1. The third kappa shape index (κ3) is 4.12. The average molecular weight is 387 g/mol. The molecule has 0 atom stereocenters. The van der Waals surface area contributed by atoms with Crippen LogP contribution >= 0.6 is 15.9 Å². The SMILES string of the molecule is NS(=O)(=O)c1cc(NC(=O)Cc2ccccc2F)ccc1Br. The van der Waals surface area contributed by atoms with Gasteiger partial charge in [0.2, 0.25) is 15.9 Å². The summed E-state index contributed by atoms with van der Waals surface area (Å²) in [5, 5.41) is 7.59. The molecule has 0 aliphatic heterocycles. The van der Waals surface area contributed by atoms with Gasteiger partial charge >= 0.3 is 0 Å². The normalized spacial score (nSPS) is 11.2. The molecule has 0 heterocycles. The van der Waals surface area contributed by atoms with Crippen molar-refractivity contribution in [3.63, 3.8) is 0 Å². The van der Waals surface area contributed by atoms with Crippen LogP contribution in [0.5, 0.6) is 0 Å². The Morgan fingerprint density at radius 2 is 1.91 bits per heavy atom. The fourth-order valence-electron chi connectivity index (χ4n) is 1.82. The highest BCUT2D eigenvalue weighted by atomic mass is 79.9. The Morgan fingerprint density at radius 3 is 2.55 bits per heavy atom. The molecule has 0 saturated carbocycles. The minimum atomic E-state index is -3.92. The molecule has 0 aliphatic rings. The van der Waals surface area contributed by atoms with Gasteiger partial charge in [-0.05, 0) is 45.8 Å². The van der Waals surface area contributed by atoms with Crippen LogP contribution in [0.3, 0.4) is 0 Å². The molecule has 0 radical (unpaired) electrons. The summed E-state index contributed by atoms with van der Waals surface area (Å²) in [4.78, 5) is 11.8. The van der Waals surface area contributed by atoms with E-state index in [9.17, 15) is 17.6 Å². The van der Waals surface area contributed by atoms with Gasteiger partial charge in [-0.15, -0.1) is 0 Å². The number of halogens is 2. The highest BCUT2D eigenvalue weighted by Crippen LogP contribution is 2.24. The number of benzene rings is 2. The molecule has 116 valence electrons. The molecule has 0 bridgehead atoms. The number of hydrogen-bond donors (Lipinski definition) is 2. The largest absolute Gasteiger partial charge is 0.326 e. The Labute approximate surface area is 135 Å². The first-order chi connectivity index (χ1) is 10.3. The highest BCUT2D eigenvalue weighted by Gasteiger charge is 2.14. The van der Waals surface area contributed by atoms with E-state index in [2.05, 4.69) is 21.2 Å². The number of sulfonamides is 1. The molecule has 8 heteroatoms. The summed E-state index contributed by atoms with van der Waals surface area (Å²) in [5.74, 6) is -0.938. The van der Waals surface area contributed by atoms with E-state index in [0.717, 1.165) is 0 Å². The topological polar surface area (TPSA) is 89.3 Å². The van der Waals surface area contributed by atoms with E-state index in [1.807, 2.05) is 0 Å². The van der Waals surface area contributed by atoms with Gasteiger partial charge in [0.25, 0.3) is 0 Å². The minimum Gasteiger partial charge on any atom is -0.326 e. The summed E-state index contributed by atoms with van der Waals surface area (Å²) < 4.78 is 36.6. The molecule has 0 fully saturated rings. The Balaban J connectivity index is 2.18. The lowest BCUT2D eigenvalue weighted by Crippen LogP contribution is -2.17. The first kappa shape index (κ1) is 16.6. The van der Waals surface area contributed by atoms with Crippen molar-refractivity contribution in [3.05, 3.63) is 58.3 Å². The molecule has 0 spiro atoms. The van der Waals surface area contributed by atoms with Crippen molar-refractivity contribution in [2.24, 2.45) is 5.14 Å². The number of nitrogens with two attached hydrogens (primary N) is 1. The van der Waals surface area contributed by atoms with Gasteiger partial charge < -0.3 is 5.32 Å². The summed E-state index contributed by atoms with van der Waals surface area (Å²) in [7, 11) is -3.92. The van der Waals surface area contributed by atoms with Crippen LogP contribution in [0.15, 0.2) is 51.8 Å². The van der Waals surface area contributed by atoms with Crippen molar-refractivity contribution >= 4 is 37.5 Å². The van der Waals surface area contributed by atoms with Gasteiger partial charge in [-0.2, -0.15) is 0 Å². The first-order valence-corrected chi connectivity index (χ1v) is 8.47. The van der Waals surface area contributed by atoms with E-state index in [1.165, 1.54) is 36.4 Å². The molecule has 0 unspecified atom stereocenters. The number of carbonyl (C=O) groups excluding carboxylic acids is 1. The maximum absolute atomic E-state index is 13.5. The Bertz CT molecular complexity index is 825. The standard InChI is InChI=1S/C14H12BrFN2O3S/c15-11-6-5-10(8-13(11)22(17,20)21)18-14(19)7-9-3-1-2-4-12(9)16/h1-6,8H,7H2,(H,18,19)(H2,17,20,21). The second kappa shape index (κ2) is 6.55. The average Bonchev–Trinajstić information content (AvgIpc) is 2.42. The minimum absolute atomic E-state index is 0.142. The van der Waals surface area contributed by atoms with Crippen molar-refractivity contribution in [1.29, 1.82) is 0 Å². The maximum Gasteiger partial charge on any atom is 0.239 e. The molecule has 2 aromatic rings. The van der Waals surface area contributed by atoms with Crippen LogP contribution in [0.1, 0.15) is 5.56 Å². The van der Waals surface area contributed by atoms with Crippen LogP contribution in [0, 0.1) is 5.82 Å². The van der Waals surface area contributed by atoms with Crippen LogP contribution in [0.2, 0.25) is 0 Å². The summed E-state index contributed by atoms with van der Waals surface area (Å²) in [6.45, 7) is 0. The monoisotopic (exact) mass is 386 g/mol. The molecule has 5 nitrogen and oxygen atoms in total. The van der Waals surface area contributed by atoms with E-state index in [0.29, 0.717) is 4.47 Å². The van der Waals surface area contributed by atoms with Crippen LogP contribution < -0.4 is 10.5 Å².